The van der Waals surface area contributed by atoms with Gasteiger partial charge in [-0.15, -0.1) is 0 Å². The molecule has 1 atom stereocenters. The van der Waals surface area contributed by atoms with Crippen molar-refractivity contribution in [2.75, 3.05) is 7.11 Å². The maximum absolute atomic E-state index is 12.4. The van der Waals surface area contributed by atoms with Gasteiger partial charge >= 0.3 is 5.97 Å². The lowest BCUT2D eigenvalue weighted by molar-refractivity contribution is -0.119. The lowest BCUT2D eigenvalue weighted by atomic mass is 10.0. The predicted molar refractivity (Wildman–Crippen MR) is 93.4 cm³/mol. The third kappa shape index (κ3) is 4.81. The molecule has 0 aliphatic carbocycles. The van der Waals surface area contributed by atoms with Gasteiger partial charge in [-0.1, -0.05) is 35.9 Å². The second kappa shape index (κ2) is 8.30. The highest BCUT2D eigenvalue weighted by atomic mass is 35.5. The van der Waals surface area contributed by atoms with Crippen LogP contribution in [0.3, 0.4) is 0 Å². The number of rotatable bonds is 6. The average Bonchev–Trinajstić information content (AvgIpc) is 2.62. The van der Waals surface area contributed by atoms with Crippen LogP contribution in [0.5, 0.6) is 0 Å². The molecule has 0 saturated carbocycles. The van der Waals surface area contributed by atoms with Crippen molar-refractivity contribution >= 4 is 29.4 Å². The molecule has 0 unspecified atom stereocenters. The largest absolute Gasteiger partial charge is 0.465 e. The van der Waals surface area contributed by atoms with Gasteiger partial charge in [0, 0.05) is 17.0 Å². The van der Waals surface area contributed by atoms with E-state index in [1.807, 2.05) is 0 Å². The summed E-state index contributed by atoms with van der Waals surface area (Å²) in [5.74, 6) is -1.77. The molecule has 0 aliphatic rings. The van der Waals surface area contributed by atoms with Gasteiger partial charge < -0.3 is 15.8 Å². The highest BCUT2D eigenvalue weighted by Crippen LogP contribution is 2.17. The number of hydrogen-bond donors (Lipinski definition) is 2. The summed E-state index contributed by atoms with van der Waals surface area (Å²) < 4.78 is 4.62. The van der Waals surface area contributed by atoms with E-state index in [0.717, 1.165) is 0 Å². The predicted octanol–water partition coefficient (Wildman–Crippen LogP) is 1.95. The van der Waals surface area contributed by atoms with Crippen molar-refractivity contribution in [2.45, 2.75) is 12.5 Å². The number of esters is 1. The number of halogens is 1. The first kappa shape index (κ1) is 18.5. The Kier molecular flexibility index (Phi) is 6.14. The number of primary amides is 1. The molecule has 7 heteroatoms. The van der Waals surface area contributed by atoms with Crippen molar-refractivity contribution in [1.29, 1.82) is 0 Å². The standard InChI is InChI=1S/C18H17ClN2O4/c1-25-18(24)13-7-4-6-12(9-13)17(23)21-15(16(20)22)10-11-5-2-3-8-14(11)19/h2-9,15H,10H2,1H3,(H2,20,22)(H,21,23)/t15-/m0/s1. The molecule has 0 aromatic heterocycles. The van der Waals surface area contributed by atoms with E-state index in [2.05, 4.69) is 10.1 Å². The topological polar surface area (TPSA) is 98.5 Å². The van der Waals surface area contributed by atoms with Crippen LogP contribution in [0.1, 0.15) is 26.3 Å². The molecule has 6 nitrogen and oxygen atoms in total. The molecule has 25 heavy (non-hydrogen) atoms. The fourth-order valence-corrected chi connectivity index (χ4v) is 2.47. The molecule has 2 aromatic rings. The van der Waals surface area contributed by atoms with Crippen LogP contribution in [-0.2, 0) is 16.0 Å². The summed E-state index contributed by atoms with van der Waals surface area (Å²) in [6.45, 7) is 0. The summed E-state index contributed by atoms with van der Waals surface area (Å²) in [4.78, 5) is 35.6. The first-order valence-electron chi connectivity index (χ1n) is 7.44. The molecule has 2 amide bonds. The van der Waals surface area contributed by atoms with E-state index in [1.165, 1.54) is 25.3 Å². The molecule has 0 aliphatic heterocycles. The molecule has 0 spiro atoms. The smallest absolute Gasteiger partial charge is 0.337 e. The minimum absolute atomic E-state index is 0.164. The fraction of sp³-hybridized carbons (Fsp3) is 0.167. The summed E-state index contributed by atoms with van der Waals surface area (Å²) in [5, 5.41) is 3.05. The Morgan fingerprint density at radius 3 is 2.44 bits per heavy atom. The minimum Gasteiger partial charge on any atom is -0.465 e. The van der Waals surface area contributed by atoms with Crippen molar-refractivity contribution in [3.63, 3.8) is 0 Å². The van der Waals surface area contributed by atoms with Crippen LogP contribution in [0, 0.1) is 0 Å². The highest BCUT2D eigenvalue weighted by Gasteiger charge is 2.21. The van der Waals surface area contributed by atoms with Gasteiger partial charge in [-0.3, -0.25) is 9.59 Å². The van der Waals surface area contributed by atoms with Gasteiger partial charge in [-0.25, -0.2) is 4.79 Å². The van der Waals surface area contributed by atoms with E-state index in [9.17, 15) is 14.4 Å². The van der Waals surface area contributed by atoms with Crippen molar-refractivity contribution in [3.05, 3.63) is 70.2 Å². The number of carbonyl (C=O) groups excluding carboxylic acids is 3. The molecule has 0 saturated heterocycles. The van der Waals surface area contributed by atoms with Crippen LogP contribution in [0.2, 0.25) is 5.02 Å². The monoisotopic (exact) mass is 360 g/mol. The van der Waals surface area contributed by atoms with Gasteiger partial charge in [0.1, 0.15) is 6.04 Å². The van der Waals surface area contributed by atoms with Crippen LogP contribution in [0.25, 0.3) is 0 Å². The summed E-state index contributed by atoms with van der Waals surface area (Å²) in [5.41, 5.74) is 6.53. The first-order valence-corrected chi connectivity index (χ1v) is 7.82. The Hall–Kier alpha value is -2.86. The van der Waals surface area contributed by atoms with Crippen LogP contribution in [0.4, 0.5) is 0 Å². The van der Waals surface area contributed by atoms with Gasteiger partial charge in [-0.05, 0) is 29.8 Å². The van der Waals surface area contributed by atoms with Crippen LogP contribution < -0.4 is 11.1 Å². The maximum Gasteiger partial charge on any atom is 0.337 e. The molecule has 0 heterocycles. The van der Waals surface area contributed by atoms with Crippen LogP contribution in [0.15, 0.2) is 48.5 Å². The number of nitrogens with two attached hydrogens (primary N) is 1. The second-order valence-electron chi connectivity index (χ2n) is 5.30. The van der Waals surface area contributed by atoms with E-state index in [-0.39, 0.29) is 17.5 Å². The van der Waals surface area contributed by atoms with E-state index in [1.54, 1.807) is 30.3 Å². The van der Waals surface area contributed by atoms with Gasteiger partial charge in [0.15, 0.2) is 0 Å². The molecular formula is C18H17ClN2O4. The number of benzene rings is 2. The van der Waals surface area contributed by atoms with Crippen LogP contribution in [-0.4, -0.2) is 30.9 Å². The highest BCUT2D eigenvalue weighted by molar-refractivity contribution is 6.31. The third-order valence-corrected chi connectivity index (χ3v) is 3.95. The number of carbonyl (C=O) groups is 3. The van der Waals surface area contributed by atoms with Gasteiger partial charge in [0.05, 0.1) is 12.7 Å². The SMILES string of the molecule is COC(=O)c1cccc(C(=O)N[C@@H](Cc2ccccc2Cl)C(N)=O)c1. The second-order valence-corrected chi connectivity index (χ2v) is 5.70. The number of hydrogen-bond acceptors (Lipinski definition) is 4. The van der Waals surface area contributed by atoms with Crippen molar-refractivity contribution in [3.8, 4) is 0 Å². The summed E-state index contributed by atoms with van der Waals surface area (Å²) in [6, 6.07) is 12.0. The van der Waals surface area contributed by atoms with E-state index < -0.39 is 23.8 Å². The summed E-state index contributed by atoms with van der Waals surface area (Å²) in [6.07, 6.45) is 0.164. The molecule has 130 valence electrons. The van der Waals surface area contributed by atoms with Crippen LogP contribution >= 0.6 is 11.6 Å². The van der Waals surface area contributed by atoms with Gasteiger partial charge in [0.2, 0.25) is 5.91 Å². The van der Waals surface area contributed by atoms with E-state index >= 15 is 0 Å². The minimum atomic E-state index is -0.936. The lowest BCUT2D eigenvalue weighted by Gasteiger charge is -2.16. The lowest BCUT2D eigenvalue weighted by Crippen LogP contribution is -2.45. The zero-order valence-corrected chi connectivity index (χ0v) is 14.2. The van der Waals surface area contributed by atoms with E-state index in [0.29, 0.717) is 10.6 Å². The number of nitrogens with one attached hydrogen (secondary N) is 1. The summed E-state index contributed by atoms with van der Waals surface area (Å²) in [7, 11) is 1.25. The molecular weight excluding hydrogens is 344 g/mol. The Morgan fingerprint density at radius 2 is 1.80 bits per heavy atom. The zero-order chi connectivity index (χ0) is 18.4. The summed E-state index contributed by atoms with van der Waals surface area (Å²) >= 11 is 6.08. The maximum atomic E-state index is 12.4. The average molecular weight is 361 g/mol. The van der Waals surface area contributed by atoms with Gasteiger partial charge in [0.25, 0.3) is 5.91 Å². The Morgan fingerprint density at radius 1 is 1.12 bits per heavy atom. The number of methoxy groups -OCH3 is 1. The molecule has 2 aromatic carbocycles. The van der Waals surface area contributed by atoms with Crippen molar-refractivity contribution < 1.29 is 19.1 Å². The molecule has 0 fully saturated rings. The van der Waals surface area contributed by atoms with E-state index in [4.69, 9.17) is 17.3 Å². The zero-order valence-electron chi connectivity index (χ0n) is 13.5. The molecule has 0 radical (unpaired) electrons. The quantitative estimate of drug-likeness (QED) is 0.769. The molecule has 0 bridgehead atoms. The Balaban J connectivity index is 2.17. The molecule has 2 rings (SSSR count). The van der Waals surface area contributed by atoms with Crippen molar-refractivity contribution in [2.24, 2.45) is 5.73 Å². The Bertz CT molecular complexity index is 807. The normalized spacial score (nSPS) is 11.4. The number of ether oxygens (including phenoxy) is 1. The van der Waals surface area contributed by atoms with Gasteiger partial charge in [-0.2, -0.15) is 0 Å². The first-order chi connectivity index (χ1) is 11.9. The van der Waals surface area contributed by atoms with Crippen molar-refractivity contribution in [1.82, 2.24) is 5.32 Å². The Labute approximate surface area is 149 Å². The third-order valence-electron chi connectivity index (χ3n) is 3.58. The number of amides is 2. The fourth-order valence-electron chi connectivity index (χ4n) is 2.25. The molecule has 3 N–H and O–H groups in total.